The van der Waals surface area contributed by atoms with Gasteiger partial charge in [0.1, 0.15) is 0 Å². The van der Waals surface area contributed by atoms with Crippen molar-refractivity contribution in [1.82, 2.24) is 9.29 Å². The number of pyridine rings is 1. The first-order valence-corrected chi connectivity index (χ1v) is 7.89. The van der Waals surface area contributed by atoms with Crippen LogP contribution in [0.4, 0.5) is 4.39 Å². The first-order valence-electron chi connectivity index (χ1n) is 5.33. The Balaban J connectivity index is 2.39. The summed E-state index contributed by atoms with van der Waals surface area (Å²) in [6, 6.07) is 2.10. The minimum Gasteiger partial charge on any atom is -0.378 e. The second kappa shape index (κ2) is 5.60. The van der Waals surface area contributed by atoms with Crippen LogP contribution in [0.15, 0.2) is 23.4 Å². The van der Waals surface area contributed by atoms with Gasteiger partial charge in [0.2, 0.25) is 5.03 Å². The molecule has 1 aliphatic rings. The number of hydrogen-bond donors (Lipinski definition) is 0. The number of nitrogens with zero attached hydrogens (tertiary/aromatic N) is 2. The molecule has 0 spiro atoms. The van der Waals surface area contributed by atoms with E-state index < -0.39 is 20.9 Å². The molecule has 0 N–H and O–H groups in total. The summed E-state index contributed by atoms with van der Waals surface area (Å²) in [6.07, 6.45) is 1.26. The summed E-state index contributed by atoms with van der Waals surface area (Å²) in [5, 5.41) is -0.0985. The van der Waals surface area contributed by atoms with Gasteiger partial charge in [-0.2, -0.15) is 4.31 Å². The second-order valence-electron chi connectivity index (χ2n) is 3.79. The molecule has 2 heterocycles. The van der Waals surface area contributed by atoms with Gasteiger partial charge in [0.05, 0.1) is 19.3 Å². The Hall–Kier alpha value is -0.570. The molecule has 1 aromatic heterocycles. The van der Waals surface area contributed by atoms with Gasteiger partial charge in [0.15, 0.2) is 5.82 Å². The molecule has 0 radical (unpaired) electrons. The molecule has 5 nitrogen and oxygen atoms in total. The minimum absolute atomic E-state index is 0.203. The van der Waals surface area contributed by atoms with Gasteiger partial charge in [-0.3, -0.25) is 0 Å². The zero-order chi connectivity index (χ0) is 13.2. The van der Waals surface area contributed by atoms with Gasteiger partial charge in [-0.05, 0) is 12.1 Å². The predicted molar refractivity (Wildman–Crippen MR) is 66.5 cm³/mol. The van der Waals surface area contributed by atoms with Crippen molar-refractivity contribution in [2.24, 2.45) is 0 Å². The molecule has 2 rings (SSSR count). The summed E-state index contributed by atoms with van der Waals surface area (Å²) in [4.78, 5) is 3.63. The Labute approximate surface area is 113 Å². The number of alkyl halides is 1. The van der Waals surface area contributed by atoms with E-state index in [9.17, 15) is 12.8 Å². The van der Waals surface area contributed by atoms with Gasteiger partial charge in [-0.1, -0.05) is 15.9 Å². The molecule has 0 saturated carbocycles. The van der Waals surface area contributed by atoms with Crippen LogP contribution in [0.1, 0.15) is 0 Å². The SMILES string of the molecule is O=S(=O)(c1ncccc1F)N1CCOCC1CBr. The quantitative estimate of drug-likeness (QED) is 0.771. The summed E-state index contributed by atoms with van der Waals surface area (Å²) in [5.41, 5.74) is 0. The first kappa shape index (κ1) is 13.9. The number of hydrogen-bond acceptors (Lipinski definition) is 4. The lowest BCUT2D eigenvalue weighted by Crippen LogP contribution is -2.49. The number of rotatable bonds is 3. The van der Waals surface area contributed by atoms with Gasteiger partial charge in [-0.15, -0.1) is 0 Å². The second-order valence-corrected chi connectivity index (χ2v) is 6.24. The maximum atomic E-state index is 13.6. The standard InChI is InChI=1S/C10H12BrFN2O3S/c11-6-8-7-17-5-4-14(8)18(15,16)10-9(12)2-1-3-13-10/h1-3,8H,4-7H2. The fraction of sp³-hybridized carbons (Fsp3) is 0.500. The van der Waals surface area contributed by atoms with E-state index in [1.165, 1.54) is 16.6 Å². The van der Waals surface area contributed by atoms with E-state index in [1.54, 1.807) is 0 Å². The summed E-state index contributed by atoms with van der Waals surface area (Å²) in [7, 11) is -3.92. The molecule has 18 heavy (non-hydrogen) atoms. The number of ether oxygens (including phenoxy) is 1. The summed E-state index contributed by atoms with van der Waals surface area (Å²) in [5.74, 6) is -0.836. The normalized spacial score (nSPS) is 22.0. The topological polar surface area (TPSA) is 59.5 Å². The summed E-state index contributed by atoms with van der Waals surface area (Å²) < 4.78 is 44.7. The summed E-state index contributed by atoms with van der Waals surface area (Å²) in [6.45, 7) is 0.796. The van der Waals surface area contributed by atoms with Crippen LogP contribution in [0.2, 0.25) is 0 Å². The van der Waals surface area contributed by atoms with Crippen LogP contribution in [0.25, 0.3) is 0 Å². The van der Waals surface area contributed by atoms with Crippen LogP contribution < -0.4 is 0 Å². The first-order chi connectivity index (χ1) is 8.57. The third-order valence-electron chi connectivity index (χ3n) is 2.63. The van der Waals surface area contributed by atoms with Crippen molar-refractivity contribution in [2.45, 2.75) is 11.1 Å². The fourth-order valence-corrected chi connectivity index (χ4v) is 4.05. The van der Waals surface area contributed by atoms with Crippen molar-refractivity contribution in [3.05, 3.63) is 24.1 Å². The van der Waals surface area contributed by atoms with Crippen molar-refractivity contribution in [1.29, 1.82) is 0 Å². The Kier molecular flexibility index (Phi) is 4.31. The van der Waals surface area contributed by atoms with Gasteiger partial charge in [0.25, 0.3) is 10.0 Å². The monoisotopic (exact) mass is 338 g/mol. The average molecular weight is 339 g/mol. The van der Waals surface area contributed by atoms with Crippen molar-refractivity contribution >= 4 is 26.0 Å². The molecule has 0 aliphatic carbocycles. The van der Waals surface area contributed by atoms with Crippen molar-refractivity contribution in [3.63, 3.8) is 0 Å². The van der Waals surface area contributed by atoms with E-state index in [4.69, 9.17) is 4.74 Å². The lowest BCUT2D eigenvalue weighted by atomic mass is 10.3. The molecule has 0 aromatic carbocycles. The highest BCUT2D eigenvalue weighted by Crippen LogP contribution is 2.21. The van der Waals surface area contributed by atoms with Crippen LogP contribution in [0.3, 0.4) is 0 Å². The maximum Gasteiger partial charge on any atom is 0.263 e. The number of halogens is 2. The Morgan fingerprint density at radius 1 is 1.61 bits per heavy atom. The maximum absolute atomic E-state index is 13.6. The molecule has 8 heteroatoms. The highest BCUT2D eigenvalue weighted by Gasteiger charge is 2.35. The number of aromatic nitrogens is 1. The van der Waals surface area contributed by atoms with E-state index in [-0.39, 0.29) is 12.6 Å². The van der Waals surface area contributed by atoms with Crippen LogP contribution in [-0.4, -0.2) is 48.8 Å². The van der Waals surface area contributed by atoms with Crippen LogP contribution in [0.5, 0.6) is 0 Å². The van der Waals surface area contributed by atoms with Crippen molar-refractivity contribution < 1.29 is 17.5 Å². The molecule has 1 saturated heterocycles. The third kappa shape index (κ3) is 2.56. The van der Waals surface area contributed by atoms with Crippen molar-refractivity contribution in [3.8, 4) is 0 Å². The molecule has 1 aliphatic heterocycles. The Morgan fingerprint density at radius 3 is 3.06 bits per heavy atom. The zero-order valence-corrected chi connectivity index (χ0v) is 11.8. The Morgan fingerprint density at radius 2 is 2.39 bits per heavy atom. The highest BCUT2D eigenvalue weighted by atomic mass is 79.9. The molecule has 0 amide bonds. The van der Waals surface area contributed by atoms with Gasteiger partial charge in [-0.25, -0.2) is 17.8 Å². The molecule has 0 bridgehead atoms. The largest absolute Gasteiger partial charge is 0.378 e. The molecule has 1 aromatic rings. The number of morpholine rings is 1. The fourth-order valence-electron chi connectivity index (χ4n) is 1.75. The lowest BCUT2D eigenvalue weighted by Gasteiger charge is -2.33. The van der Waals surface area contributed by atoms with E-state index in [0.29, 0.717) is 18.5 Å². The van der Waals surface area contributed by atoms with E-state index in [0.717, 1.165) is 6.07 Å². The molecule has 1 atom stereocenters. The van der Waals surface area contributed by atoms with Crippen molar-refractivity contribution in [2.75, 3.05) is 25.1 Å². The highest BCUT2D eigenvalue weighted by molar-refractivity contribution is 9.09. The van der Waals surface area contributed by atoms with Crippen LogP contribution in [0, 0.1) is 5.82 Å². The van der Waals surface area contributed by atoms with Gasteiger partial charge < -0.3 is 4.74 Å². The van der Waals surface area contributed by atoms with Gasteiger partial charge in [0, 0.05) is 18.1 Å². The molecular formula is C10H12BrFN2O3S. The van der Waals surface area contributed by atoms with Crippen LogP contribution in [-0.2, 0) is 14.8 Å². The zero-order valence-electron chi connectivity index (χ0n) is 9.42. The minimum atomic E-state index is -3.92. The van der Waals surface area contributed by atoms with E-state index in [1.807, 2.05) is 0 Å². The van der Waals surface area contributed by atoms with E-state index >= 15 is 0 Å². The molecule has 1 fully saturated rings. The van der Waals surface area contributed by atoms with Crippen LogP contribution >= 0.6 is 15.9 Å². The summed E-state index contributed by atoms with van der Waals surface area (Å²) >= 11 is 3.23. The van der Waals surface area contributed by atoms with E-state index in [2.05, 4.69) is 20.9 Å². The van der Waals surface area contributed by atoms with Gasteiger partial charge >= 0.3 is 0 Å². The average Bonchev–Trinajstić information content (AvgIpc) is 2.39. The molecular weight excluding hydrogens is 327 g/mol. The number of sulfonamides is 1. The molecule has 1 unspecified atom stereocenters. The molecule has 100 valence electrons. The Bertz CT molecular complexity index is 526. The lowest BCUT2D eigenvalue weighted by molar-refractivity contribution is 0.0411. The smallest absolute Gasteiger partial charge is 0.263 e. The third-order valence-corrected chi connectivity index (χ3v) is 5.26. The predicted octanol–water partition coefficient (Wildman–Crippen LogP) is 1.01.